The fourth-order valence-corrected chi connectivity index (χ4v) is 4.18. The second-order valence-corrected chi connectivity index (χ2v) is 11.3. The first-order chi connectivity index (χ1) is 16.7. The van der Waals surface area contributed by atoms with Crippen LogP contribution in [0.25, 0.3) is 21.9 Å². The maximum Gasteiger partial charge on any atom is 0.159 e. The number of fused-ring (bicyclic) bond motifs is 3. The van der Waals surface area contributed by atoms with Gasteiger partial charge in [-0.05, 0) is 61.0 Å². The van der Waals surface area contributed by atoms with E-state index in [9.17, 15) is 10.2 Å². The molecular formula is C28H42N4O4. The Hall–Kier alpha value is -2.52. The number of aliphatic hydroxyl groups is 2. The van der Waals surface area contributed by atoms with Crippen LogP contribution in [0.4, 0.5) is 5.82 Å². The van der Waals surface area contributed by atoms with Crippen molar-refractivity contribution in [2.75, 3.05) is 18.5 Å². The molecule has 0 saturated carbocycles. The Labute approximate surface area is 214 Å². The summed E-state index contributed by atoms with van der Waals surface area (Å²) < 4.78 is 13.8. The van der Waals surface area contributed by atoms with E-state index in [1.807, 2.05) is 49.6 Å². The van der Waals surface area contributed by atoms with E-state index in [0.717, 1.165) is 27.9 Å². The average Bonchev–Trinajstić information content (AvgIpc) is 3.07. The van der Waals surface area contributed by atoms with Crippen molar-refractivity contribution in [3.8, 4) is 0 Å². The maximum absolute atomic E-state index is 10.7. The molecule has 198 valence electrons. The number of benzene rings is 1. The molecule has 0 aliphatic heterocycles. The van der Waals surface area contributed by atoms with Crippen LogP contribution in [0.5, 0.6) is 0 Å². The molecule has 0 aliphatic rings. The largest absolute Gasteiger partial charge is 0.390 e. The molecule has 2 aromatic heterocycles. The van der Waals surface area contributed by atoms with Gasteiger partial charge in [0.05, 0.1) is 41.0 Å². The molecule has 0 unspecified atom stereocenters. The molecule has 0 atom stereocenters. The lowest BCUT2D eigenvalue weighted by Gasteiger charge is -2.28. The Morgan fingerprint density at radius 2 is 1.75 bits per heavy atom. The molecule has 36 heavy (non-hydrogen) atoms. The van der Waals surface area contributed by atoms with Gasteiger partial charge in [-0.2, -0.15) is 0 Å². The molecule has 8 nitrogen and oxygen atoms in total. The number of hydrogen-bond acceptors (Lipinski definition) is 7. The van der Waals surface area contributed by atoms with Crippen molar-refractivity contribution in [2.24, 2.45) is 0 Å². The van der Waals surface area contributed by atoms with Crippen LogP contribution < -0.4 is 5.32 Å². The zero-order chi connectivity index (χ0) is 26.7. The lowest BCUT2D eigenvalue weighted by atomic mass is 10.0. The van der Waals surface area contributed by atoms with E-state index in [4.69, 9.17) is 19.4 Å². The number of anilines is 1. The normalized spacial score (nSPS) is 13.0. The lowest BCUT2D eigenvalue weighted by molar-refractivity contribution is -0.0450. The fourth-order valence-electron chi connectivity index (χ4n) is 4.18. The summed E-state index contributed by atoms with van der Waals surface area (Å²) in [5, 5.41) is 25.0. The minimum Gasteiger partial charge on any atom is -0.390 e. The molecule has 0 amide bonds. The van der Waals surface area contributed by atoms with Crippen molar-refractivity contribution in [2.45, 2.75) is 91.3 Å². The average molecular weight is 499 g/mol. The third kappa shape index (κ3) is 7.49. The summed E-state index contributed by atoms with van der Waals surface area (Å²) in [4.78, 5) is 9.79. The van der Waals surface area contributed by atoms with Crippen LogP contribution in [0.15, 0.2) is 36.5 Å². The van der Waals surface area contributed by atoms with Gasteiger partial charge in [0, 0.05) is 24.1 Å². The predicted octanol–water partition coefficient (Wildman–Crippen LogP) is 5.16. The van der Waals surface area contributed by atoms with Crippen molar-refractivity contribution in [1.29, 1.82) is 0 Å². The molecule has 3 aromatic rings. The Morgan fingerprint density at radius 1 is 1.06 bits per heavy atom. The smallest absolute Gasteiger partial charge is 0.159 e. The van der Waals surface area contributed by atoms with Crippen LogP contribution >= 0.6 is 0 Å². The molecule has 0 aliphatic carbocycles. The first kappa shape index (κ1) is 28.1. The van der Waals surface area contributed by atoms with Crippen molar-refractivity contribution in [3.05, 3.63) is 42.4 Å². The molecular weight excluding hydrogens is 456 g/mol. The molecule has 2 heterocycles. The van der Waals surface area contributed by atoms with E-state index in [2.05, 4.69) is 11.9 Å². The summed E-state index contributed by atoms with van der Waals surface area (Å²) in [7, 11) is 0. The highest BCUT2D eigenvalue weighted by molar-refractivity contribution is 6.07. The molecule has 0 saturated heterocycles. The number of aromatic nitrogens is 3. The van der Waals surface area contributed by atoms with E-state index in [-0.39, 0.29) is 0 Å². The number of nitrogens with one attached hydrogen (secondary N) is 1. The number of rotatable bonds is 13. The van der Waals surface area contributed by atoms with Gasteiger partial charge in [0.1, 0.15) is 17.9 Å². The Bertz CT molecular complexity index is 1200. The third-order valence-electron chi connectivity index (χ3n) is 5.78. The summed E-state index contributed by atoms with van der Waals surface area (Å²) in [5.74, 6) is 1.34. The molecule has 8 heteroatoms. The van der Waals surface area contributed by atoms with Crippen LogP contribution in [0.1, 0.15) is 67.1 Å². The van der Waals surface area contributed by atoms with Gasteiger partial charge in [-0.3, -0.25) is 0 Å². The highest BCUT2D eigenvalue weighted by Gasteiger charge is 2.25. The lowest BCUT2D eigenvalue weighted by Crippen LogP contribution is -2.30. The second-order valence-electron chi connectivity index (χ2n) is 11.3. The molecule has 0 bridgehead atoms. The number of para-hydroxylation sites is 1. The predicted molar refractivity (Wildman–Crippen MR) is 145 cm³/mol. The van der Waals surface area contributed by atoms with Gasteiger partial charge >= 0.3 is 0 Å². The van der Waals surface area contributed by atoms with E-state index < -0.39 is 16.8 Å². The zero-order valence-electron chi connectivity index (χ0n) is 22.8. The monoisotopic (exact) mass is 498 g/mol. The highest BCUT2D eigenvalue weighted by atomic mass is 16.5. The summed E-state index contributed by atoms with van der Waals surface area (Å²) in [6.07, 6.45) is 1.09. The molecule has 0 spiro atoms. The Balaban J connectivity index is 1.98. The fraction of sp³-hybridized carbons (Fsp3) is 0.571. The molecule has 1 aromatic carbocycles. The topological polar surface area (TPSA) is 102 Å². The van der Waals surface area contributed by atoms with Gasteiger partial charge in [0.2, 0.25) is 0 Å². The summed E-state index contributed by atoms with van der Waals surface area (Å²) >= 11 is 0. The van der Waals surface area contributed by atoms with Gasteiger partial charge in [-0.15, -0.1) is 0 Å². The van der Waals surface area contributed by atoms with Crippen molar-refractivity contribution < 1.29 is 19.7 Å². The first-order valence-electron chi connectivity index (χ1n) is 12.6. The quantitative estimate of drug-likeness (QED) is 0.299. The van der Waals surface area contributed by atoms with Crippen molar-refractivity contribution in [1.82, 2.24) is 14.5 Å². The molecule has 0 radical (unpaired) electrons. The SMILES string of the molecule is C=C(CC(C)(C)OCCC(C)(C)O)Nc1nc2ccccc2c2c1nc(COCC)n2CC(C)(C)O. The first-order valence-corrected chi connectivity index (χ1v) is 12.6. The van der Waals surface area contributed by atoms with Gasteiger partial charge < -0.3 is 29.6 Å². The van der Waals surface area contributed by atoms with Crippen LogP contribution in [0.3, 0.4) is 0 Å². The number of hydrogen-bond donors (Lipinski definition) is 3. The van der Waals surface area contributed by atoms with E-state index in [0.29, 0.717) is 50.5 Å². The molecule has 3 N–H and O–H groups in total. The maximum atomic E-state index is 10.7. The summed E-state index contributed by atoms with van der Waals surface area (Å²) in [6, 6.07) is 7.93. The number of imidazole rings is 1. The standard InChI is InChI=1S/C28H42N4O4/c1-9-35-17-22-31-23-24(32(22)18-27(5,6)34)20-12-10-11-13-21(20)30-25(23)29-19(2)16-28(7,8)36-15-14-26(3,4)33/h10-13,33-34H,2,9,14-18H2,1,3-8H3,(H,29,30). The Kier molecular flexibility index (Phi) is 8.45. The Morgan fingerprint density at radius 3 is 2.39 bits per heavy atom. The van der Waals surface area contributed by atoms with Gasteiger partial charge in [0.25, 0.3) is 0 Å². The number of pyridine rings is 1. The third-order valence-corrected chi connectivity index (χ3v) is 5.78. The minimum absolute atomic E-state index is 0.331. The van der Waals surface area contributed by atoms with E-state index >= 15 is 0 Å². The zero-order valence-corrected chi connectivity index (χ0v) is 22.8. The van der Waals surface area contributed by atoms with Gasteiger partial charge in [-0.1, -0.05) is 24.8 Å². The van der Waals surface area contributed by atoms with Crippen LogP contribution in [-0.4, -0.2) is 54.8 Å². The van der Waals surface area contributed by atoms with Gasteiger partial charge in [0.15, 0.2) is 5.82 Å². The molecule has 0 fully saturated rings. The van der Waals surface area contributed by atoms with E-state index in [1.54, 1.807) is 27.7 Å². The number of nitrogens with zero attached hydrogens (tertiary/aromatic N) is 3. The highest BCUT2D eigenvalue weighted by Crippen LogP contribution is 2.33. The van der Waals surface area contributed by atoms with Crippen molar-refractivity contribution >= 4 is 27.8 Å². The van der Waals surface area contributed by atoms with Crippen LogP contribution in [-0.2, 0) is 22.6 Å². The number of ether oxygens (including phenoxy) is 2. The summed E-state index contributed by atoms with van der Waals surface area (Å²) in [5.41, 5.74) is 0.971. The van der Waals surface area contributed by atoms with Crippen LogP contribution in [0.2, 0.25) is 0 Å². The van der Waals surface area contributed by atoms with E-state index in [1.165, 1.54) is 0 Å². The second kappa shape index (κ2) is 10.8. The van der Waals surface area contributed by atoms with Crippen LogP contribution in [0, 0.1) is 0 Å². The summed E-state index contributed by atoms with van der Waals surface area (Å²) in [6.45, 7) is 19.0. The minimum atomic E-state index is -0.944. The molecule has 3 rings (SSSR count). The van der Waals surface area contributed by atoms with Gasteiger partial charge in [-0.25, -0.2) is 9.97 Å². The van der Waals surface area contributed by atoms with Crippen molar-refractivity contribution in [3.63, 3.8) is 0 Å².